The van der Waals surface area contributed by atoms with Gasteiger partial charge in [-0.2, -0.15) is 13.5 Å². The van der Waals surface area contributed by atoms with E-state index >= 15 is 0 Å². The molecule has 0 unspecified atom stereocenters. The molecular formula is C12H11N4NaO4S. The molecule has 0 spiro atoms. The summed E-state index contributed by atoms with van der Waals surface area (Å²) in [4.78, 5) is -0.443. The van der Waals surface area contributed by atoms with Crippen LogP contribution in [-0.4, -0.2) is 13.0 Å². The molecule has 0 atom stereocenters. The number of anilines is 2. The van der Waals surface area contributed by atoms with Crippen molar-refractivity contribution in [3.63, 3.8) is 0 Å². The molecule has 2 rings (SSSR count). The van der Waals surface area contributed by atoms with Gasteiger partial charge in [0, 0.05) is 5.69 Å². The fourth-order valence-corrected chi connectivity index (χ4v) is 2.01. The molecule has 0 aliphatic heterocycles. The standard InChI is InChI=1S/C12H12N4O4S.Na/c13-7-1-3-10(9(14)5-7)15-16-11-6-8(21(18,19)20)2-4-12(11)17;/h1-6,17H,13-14H2,(H,18,19,20);/q;+1/p-1. The van der Waals surface area contributed by atoms with Gasteiger partial charge in [-0.15, -0.1) is 5.11 Å². The molecule has 0 radical (unpaired) electrons. The van der Waals surface area contributed by atoms with Crippen molar-refractivity contribution in [1.29, 1.82) is 0 Å². The second kappa shape index (κ2) is 7.07. The van der Waals surface area contributed by atoms with Gasteiger partial charge in [0.1, 0.15) is 5.69 Å². The Morgan fingerprint density at radius 3 is 2.23 bits per heavy atom. The molecule has 0 aromatic heterocycles. The van der Waals surface area contributed by atoms with E-state index in [1.807, 2.05) is 0 Å². The molecule has 0 heterocycles. The van der Waals surface area contributed by atoms with E-state index in [1.165, 1.54) is 12.1 Å². The van der Waals surface area contributed by atoms with Gasteiger partial charge < -0.3 is 16.6 Å². The second-order valence-electron chi connectivity index (χ2n) is 4.12. The predicted octanol–water partition coefficient (Wildman–Crippen LogP) is -1.41. The molecule has 0 saturated heterocycles. The molecule has 5 N–H and O–H groups in total. The average Bonchev–Trinajstić information content (AvgIpc) is 2.38. The first-order valence-electron chi connectivity index (χ1n) is 5.62. The van der Waals surface area contributed by atoms with E-state index in [0.29, 0.717) is 5.69 Å². The Balaban J connectivity index is 0.00000242. The Morgan fingerprint density at radius 1 is 1.00 bits per heavy atom. The number of rotatable bonds is 3. The van der Waals surface area contributed by atoms with Gasteiger partial charge in [-0.05, 0) is 30.3 Å². The maximum Gasteiger partial charge on any atom is 1.00 e. The van der Waals surface area contributed by atoms with Crippen molar-refractivity contribution in [1.82, 2.24) is 0 Å². The van der Waals surface area contributed by atoms with Crippen molar-refractivity contribution >= 4 is 32.9 Å². The van der Waals surface area contributed by atoms with E-state index < -0.39 is 20.8 Å². The zero-order valence-corrected chi connectivity index (χ0v) is 14.4. The van der Waals surface area contributed by atoms with E-state index in [0.717, 1.165) is 18.2 Å². The fourth-order valence-electron chi connectivity index (χ4n) is 1.51. The van der Waals surface area contributed by atoms with Gasteiger partial charge in [-0.1, -0.05) is 11.8 Å². The third-order valence-electron chi connectivity index (χ3n) is 2.55. The Hall–Kier alpha value is -1.65. The number of nitrogens with two attached hydrogens (primary N) is 2. The Morgan fingerprint density at radius 2 is 1.64 bits per heavy atom. The molecule has 0 amide bonds. The van der Waals surface area contributed by atoms with E-state index in [-0.39, 0.29) is 46.6 Å². The normalized spacial score (nSPS) is 11.3. The smallest absolute Gasteiger partial charge is 0.871 e. The fraction of sp³-hybridized carbons (Fsp3) is 0. The molecule has 0 bridgehead atoms. The first kappa shape index (κ1) is 18.4. The van der Waals surface area contributed by atoms with Gasteiger partial charge >= 0.3 is 29.6 Å². The number of benzene rings is 2. The summed E-state index contributed by atoms with van der Waals surface area (Å²) in [7, 11) is -4.42. The minimum absolute atomic E-state index is 0. The van der Waals surface area contributed by atoms with E-state index in [1.54, 1.807) is 6.07 Å². The summed E-state index contributed by atoms with van der Waals surface area (Å²) in [5.74, 6) is -0.542. The van der Waals surface area contributed by atoms with E-state index in [4.69, 9.17) is 16.0 Å². The first-order chi connectivity index (χ1) is 9.77. The summed E-state index contributed by atoms with van der Waals surface area (Å²) in [6.07, 6.45) is 0. The Labute approximate surface area is 148 Å². The number of nitrogens with zero attached hydrogens (tertiary/aromatic N) is 2. The van der Waals surface area contributed by atoms with Crippen molar-refractivity contribution in [3.8, 4) is 5.75 Å². The van der Waals surface area contributed by atoms with Crippen molar-refractivity contribution in [2.45, 2.75) is 4.90 Å². The minimum Gasteiger partial charge on any atom is -0.871 e. The summed E-state index contributed by atoms with van der Waals surface area (Å²) < 4.78 is 30.9. The molecular weight excluding hydrogens is 319 g/mol. The summed E-state index contributed by atoms with van der Waals surface area (Å²) in [5.41, 5.74) is 12.0. The summed E-state index contributed by atoms with van der Waals surface area (Å²) in [5, 5.41) is 19.0. The van der Waals surface area contributed by atoms with Crippen LogP contribution in [0.5, 0.6) is 5.75 Å². The van der Waals surface area contributed by atoms with Crippen LogP contribution in [-0.2, 0) is 10.1 Å². The van der Waals surface area contributed by atoms with Gasteiger partial charge in [-0.3, -0.25) is 4.55 Å². The van der Waals surface area contributed by atoms with Crippen molar-refractivity contribution in [2.75, 3.05) is 11.5 Å². The van der Waals surface area contributed by atoms with Crippen LogP contribution in [0.25, 0.3) is 0 Å². The predicted molar refractivity (Wildman–Crippen MR) is 75.1 cm³/mol. The summed E-state index contributed by atoms with van der Waals surface area (Å²) >= 11 is 0. The van der Waals surface area contributed by atoms with E-state index in [2.05, 4.69) is 10.2 Å². The number of azo groups is 1. The number of hydrogen-bond acceptors (Lipinski definition) is 7. The van der Waals surface area contributed by atoms with Crippen molar-refractivity contribution in [3.05, 3.63) is 36.4 Å². The molecule has 110 valence electrons. The quantitative estimate of drug-likeness (QED) is 0.272. The van der Waals surface area contributed by atoms with Crippen molar-refractivity contribution in [2.24, 2.45) is 10.2 Å². The minimum atomic E-state index is -4.42. The zero-order valence-electron chi connectivity index (χ0n) is 11.6. The molecule has 0 saturated carbocycles. The summed E-state index contributed by atoms with van der Waals surface area (Å²) in [6, 6.07) is 7.41. The molecule has 0 aliphatic rings. The van der Waals surface area contributed by atoms with Gasteiger partial charge in [-0.25, -0.2) is 0 Å². The van der Waals surface area contributed by atoms with Crippen LogP contribution >= 0.6 is 0 Å². The van der Waals surface area contributed by atoms with Crippen LogP contribution in [0.3, 0.4) is 0 Å². The number of hydrogen-bond donors (Lipinski definition) is 3. The van der Waals surface area contributed by atoms with Gasteiger partial charge in [0.05, 0.1) is 16.3 Å². The maximum absolute atomic E-state index is 11.6. The molecule has 22 heavy (non-hydrogen) atoms. The van der Waals surface area contributed by atoms with Crippen LogP contribution in [0.15, 0.2) is 51.5 Å². The van der Waals surface area contributed by atoms with Crippen LogP contribution in [0.4, 0.5) is 22.7 Å². The van der Waals surface area contributed by atoms with Gasteiger partial charge in [0.15, 0.2) is 0 Å². The summed E-state index contributed by atoms with van der Waals surface area (Å²) in [6.45, 7) is 0. The molecule has 10 heteroatoms. The monoisotopic (exact) mass is 330 g/mol. The Bertz CT molecular complexity index is 824. The van der Waals surface area contributed by atoms with Crippen LogP contribution in [0.2, 0.25) is 0 Å². The third kappa shape index (κ3) is 4.42. The average molecular weight is 330 g/mol. The third-order valence-corrected chi connectivity index (χ3v) is 3.39. The van der Waals surface area contributed by atoms with Crippen LogP contribution in [0, 0.1) is 0 Å². The zero-order chi connectivity index (χ0) is 15.6. The second-order valence-corrected chi connectivity index (χ2v) is 5.54. The van der Waals surface area contributed by atoms with Crippen LogP contribution in [0.1, 0.15) is 0 Å². The van der Waals surface area contributed by atoms with Crippen molar-refractivity contribution < 1.29 is 47.6 Å². The SMILES string of the molecule is Nc1ccc(N=Nc2cc(S(=O)(=O)O)ccc2[O-])c(N)c1.[Na+]. The molecule has 0 aliphatic carbocycles. The largest absolute Gasteiger partial charge is 1.00 e. The molecule has 2 aromatic carbocycles. The van der Waals surface area contributed by atoms with Crippen LogP contribution < -0.4 is 46.1 Å². The molecule has 8 nitrogen and oxygen atoms in total. The Kier molecular flexibility index (Phi) is 5.92. The molecule has 0 fully saturated rings. The maximum atomic E-state index is 11.6. The van der Waals surface area contributed by atoms with E-state index in [9.17, 15) is 13.5 Å². The molecule has 2 aromatic rings. The van der Waals surface area contributed by atoms with Gasteiger partial charge in [0.25, 0.3) is 10.1 Å². The number of nitrogen functional groups attached to an aromatic ring is 2. The first-order valence-corrected chi connectivity index (χ1v) is 7.06. The van der Waals surface area contributed by atoms with Gasteiger partial charge in [0.2, 0.25) is 0 Å². The topological polar surface area (TPSA) is 154 Å².